The van der Waals surface area contributed by atoms with E-state index in [0.717, 1.165) is 24.0 Å². The van der Waals surface area contributed by atoms with Crippen LogP contribution in [-0.2, 0) is 15.6 Å². The Balaban J connectivity index is 2.31. The third-order valence-electron chi connectivity index (χ3n) is 6.75. The van der Waals surface area contributed by atoms with Crippen LogP contribution in [0.15, 0.2) is 12.1 Å². The maximum Gasteiger partial charge on any atom is 0.338 e. The van der Waals surface area contributed by atoms with Crippen LogP contribution in [0.25, 0.3) is 0 Å². The summed E-state index contributed by atoms with van der Waals surface area (Å²) in [4.78, 5) is 15.7. The molecule has 0 spiro atoms. The van der Waals surface area contributed by atoms with E-state index in [1.165, 1.54) is 6.42 Å². The van der Waals surface area contributed by atoms with E-state index in [9.17, 15) is 9.90 Å². The van der Waals surface area contributed by atoms with E-state index in [2.05, 4.69) is 32.6 Å². The molecule has 1 unspecified atom stereocenters. The van der Waals surface area contributed by atoms with Gasteiger partial charge < -0.3 is 9.84 Å². The summed E-state index contributed by atoms with van der Waals surface area (Å²) < 4.78 is 5.94. The summed E-state index contributed by atoms with van der Waals surface area (Å²) in [7, 11) is 0. The van der Waals surface area contributed by atoms with Gasteiger partial charge in [-0.2, -0.15) is 0 Å². The molecule has 1 heterocycles. The maximum absolute atomic E-state index is 13.2. The highest BCUT2D eigenvalue weighted by atomic mass is 16.5. The van der Waals surface area contributed by atoms with Gasteiger partial charge in [0.2, 0.25) is 0 Å². The van der Waals surface area contributed by atoms with Gasteiger partial charge in [0, 0.05) is 28.7 Å². The number of carbonyl (C=O) groups is 1. The zero-order chi connectivity index (χ0) is 24.0. The number of aromatic hydroxyl groups is 1. The van der Waals surface area contributed by atoms with Crippen LogP contribution in [0.5, 0.6) is 5.75 Å². The summed E-state index contributed by atoms with van der Waals surface area (Å²) in [6.07, 6.45) is 3.30. The lowest BCUT2D eigenvalue weighted by atomic mass is 9.78. The largest absolute Gasteiger partial charge is 0.507 e. The van der Waals surface area contributed by atoms with Gasteiger partial charge in [0.15, 0.2) is 0 Å². The molecule has 1 aliphatic rings. The summed E-state index contributed by atoms with van der Waals surface area (Å²) in [5.41, 5.74) is 1.66. The van der Waals surface area contributed by atoms with E-state index in [4.69, 9.17) is 4.74 Å². The molecule has 0 aromatic heterocycles. The fourth-order valence-corrected chi connectivity index (χ4v) is 4.98. The number of nitrogens with zero attached hydrogens (tertiary/aromatic N) is 1. The number of hydrogen-bond acceptors (Lipinski definition) is 4. The number of hydrogen-bond donors (Lipinski definition) is 1. The second-order valence-electron chi connectivity index (χ2n) is 12.7. The smallest absolute Gasteiger partial charge is 0.338 e. The second kappa shape index (κ2) is 8.42. The Morgan fingerprint density at radius 2 is 1.42 bits per heavy atom. The minimum Gasteiger partial charge on any atom is -0.507 e. The summed E-state index contributed by atoms with van der Waals surface area (Å²) in [5.74, 6) is -0.0439. The molecule has 0 bridgehead atoms. The van der Waals surface area contributed by atoms with Gasteiger partial charge in [0.05, 0.1) is 5.56 Å². The molecule has 31 heavy (non-hydrogen) atoms. The molecule has 4 nitrogen and oxygen atoms in total. The van der Waals surface area contributed by atoms with Gasteiger partial charge in [0.25, 0.3) is 0 Å². The molecule has 1 saturated heterocycles. The van der Waals surface area contributed by atoms with Crippen LogP contribution in [0, 0.1) is 0 Å². The molecule has 4 heteroatoms. The standard InChI is InChI=1S/C27H45NO3/c1-18(17-28-26(8,9)13-12-14-27(28,10)11)31-23(30)19-15-20(24(2,3)4)22(29)21(16-19)25(5,6)7/h15-16,18,29H,12-14,17H2,1-11H3. The minimum absolute atomic E-state index is 0.0831. The molecular formula is C27H45NO3. The van der Waals surface area contributed by atoms with Crippen molar-refractivity contribution in [3.63, 3.8) is 0 Å². The molecule has 1 atom stereocenters. The first-order chi connectivity index (χ1) is 13.9. The van der Waals surface area contributed by atoms with Gasteiger partial charge in [-0.3, -0.25) is 4.90 Å². The Morgan fingerprint density at radius 1 is 1.00 bits per heavy atom. The van der Waals surface area contributed by atoms with Crippen molar-refractivity contribution in [1.29, 1.82) is 0 Å². The highest BCUT2D eigenvalue weighted by Gasteiger charge is 2.42. The molecule has 1 N–H and O–H groups in total. The third kappa shape index (κ3) is 5.83. The van der Waals surface area contributed by atoms with E-state index >= 15 is 0 Å². The van der Waals surface area contributed by atoms with E-state index < -0.39 is 0 Å². The Hall–Kier alpha value is -1.55. The molecule has 1 aromatic carbocycles. The summed E-state index contributed by atoms with van der Waals surface area (Å²) in [6, 6.07) is 3.60. The quantitative estimate of drug-likeness (QED) is 0.547. The van der Waals surface area contributed by atoms with Gasteiger partial charge in [-0.05, 0) is 76.8 Å². The predicted molar refractivity (Wildman–Crippen MR) is 129 cm³/mol. The van der Waals surface area contributed by atoms with Crippen LogP contribution in [0.1, 0.15) is 117 Å². The molecule has 0 aliphatic carbocycles. The van der Waals surface area contributed by atoms with Crippen molar-refractivity contribution in [1.82, 2.24) is 4.90 Å². The van der Waals surface area contributed by atoms with Gasteiger partial charge in [0.1, 0.15) is 11.9 Å². The molecule has 0 saturated carbocycles. The molecular weight excluding hydrogens is 386 g/mol. The Labute approximate surface area is 190 Å². The summed E-state index contributed by atoms with van der Waals surface area (Å²) in [5, 5.41) is 10.9. The SMILES string of the molecule is CC(CN1C(C)(C)CCCC1(C)C)OC(=O)c1cc(C(C)(C)C)c(O)c(C(C)(C)C)c1. The average Bonchev–Trinajstić information content (AvgIpc) is 2.55. The van der Waals surface area contributed by atoms with Crippen molar-refractivity contribution in [3.8, 4) is 5.75 Å². The third-order valence-corrected chi connectivity index (χ3v) is 6.75. The Kier molecular flexibility index (Phi) is 6.98. The molecule has 0 amide bonds. The first kappa shape index (κ1) is 25.7. The lowest BCUT2D eigenvalue weighted by molar-refractivity contribution is -0.0567. The van der Waals surface area contributed by atoms with Crippen LogP contribution >= 0.6 is 0 Å². The van der Waals surface area contributed by atoms with E-state index in [1.54, 1.807) is 12.1 Å². The van der Waals surface area contributed by atoms with Crippen LogP contribution in [0.2, 0.25) is 0 Å². The molecule has 1 aliphatic heterocycles. The topological polar surface area (TPSA) is 49.8 Å². The first-order valence-electron chi connectivity index (χ1n) is 11.7. The van der Waals surface area contributed by atoms with Crippen LogP contribution in [-0.4, -0.2) is 39.7 Å². The average molecular weight is 432 g/mol. The number of piperidine rings is 1. The van der Waals surface area contributed by atoms with Crippen molar-refractivity contribution in [2.45, 2.75) is 123 Å². The van der Waals surface area contributed by atoms with Gasteiger partial charge >= 0.3 is 5.97 Å². The van der Waals surface area contributed by atoms with Gasteiger partial charge in [-0.25, -0.2) is 4.79 Å². The molecule has 0 radical (unpaired) electrons. The van der Waals surface area contributed by atoms with Crippen molar-refractivity contribution in [2.75, 3.05) is 6.54 Å². The van der Waals surface area contributed by atoms with Crippen LogP contribution in [0.4, 0.5) is 0 Å². The zero-order valence-electron chi connectivity index (χ0n) is 21.8. The van der Waals surface area contributed by atoms with Crippen molar-refractivity contribution < 1.29 is 14.6 Å². The lowest BCUT2D eigenvalue weighted by Crippen LogP contribution is -2.60. The minimum atomic E-state index is -0.323. The lowest BCUT2D eigenvalue weighted by Gasteiger charge is -2.53. The van der Waals surface area contributed by atoms with Gasteiger partial charge in [-0.1, -0.05) is 41.5 Å². The van der Waals surface area contributed by atoms with E-state index in [0.29, 0.717) is 12.1 Å². The van der Waals surface area contributed by atoms with E-state index in [1.807, 2.05) is 48.5 Å². The van der Waals surface area contributed by atoms with Crippen molar-refractivity contribution in [2.24, 2.45) is 0 Å². The number of esters is 1. The molecule has 1 fully saturated rings. The molecule has 2 rings (SSSR count). The predicted octanol–water partition coefficient (Wildman–Crippen LogP) is 6.58. The number of phenolic OH excluding ortho intramolecular Hbond substituents is 1. The summed E-state index contributed by atoms with van der Waals surface area (Å²) in [6.45, 7) is 24.1. The van der Waals surface area contributed by atoms with Gasteiger partial charge in [-0.15, -0.1) is 0 Å². The number of phenols is 1. The highest BCUT2D eigenvalue weighted by Crippen LogP contribution is 2.40. The maximum atomic E-state index is 13.2. The normalized spacial score (nSPS) is 20.4. The second-order valence-corrected chi connectivity index (χ2v) is 12.7. The number of likely N-dealkylation sites (tertiary alicyclic amines) is 1. The van der Waals surface area contributed by atoms with Crippen LogP contribution in [0.3, 0.4) is 0 Å². The number of ether oxygens (including phenoxy) is 1. The number of benzene rings is 1. The Bertz CT molecular complexity index is 758. The number of carbonyl (C=O) groups excluding carboxylic acids is 1. The van der Waals surface area contributed by atoms with Crippen molar-refractivity contribution >= 4 is 5.97 Å². The van der Waals surface area contributed by atoms with Crippen LogP contribution < -0.4 is 0 Å². The molecule has 176 valence electrons. The van der Waals surface area contributed by atoms with E-state index in [-0.39, 0.29) is 39.7 Å². The first-order valence-corrected chi connectivity index (χ1v) is 11.7. The highest BCUT2D eigenvalue weighted by molar-refractivity contribution is 5.90. The summed E-state index contributed by atoms with van der Waals surface area (Å²) >= 11 is 0. The number of rotatable bonds is 4. The monoisotopic (exact) mass is 431 g/mol. The fraction of sp³-hybridized carbons (Fsp3) is 0.741. The van der Waals surface area contributed by atoms with Crippen molar-refractivity contribution in [3.05, 3.63) is 28.8 Å². The zero-order valence-corrected chi connectivity index (χ0v) is 21.8. The Morgan fingerprint density at radius 3 is 1.81 bits per heavy atom. The fourth-order valence-electron chi connectivity index (χ4n) is 4.98. The molecule has 1 aromatic rings.